The highest BCUT2D eigenvalue weighted by atomic mass is 16.5. The maximum Gasteiger partial charge on any atom is 0.367 e. The minimum Gasteiger partial charge on any atom is -0.422 e. The van der Waals surface area contributed by atoms with E-state index in [1.807, 2.05) is 30.3 Å². The van der Waals surface area contributed by atoms with Crippen LogP contribution in [0.4, 0.5) is 0 Å². The molecule has 0 bridgehead atoms. The molecular formula is C22H38NO2+. The molecule has 1 rings (SSSR count). The third kappa shape index (κ3) is 11.8. The number of esters is 1. The predicted molar refractivity (Wildman–Crippen MR) is 106 cm³/mol. The molecule has 0 N–H and O–H groups in total. The third-order valence-electron chi connectivity index (χ3n) is 4.65. The monoisotopic (exact) mass is 348 g/mol. The molecule has 0 aliphatic carbocycles. The van der Waals surface area contributed by atoms with Gasteiger partial charge in [-0.3, -0.25) is 0 Å². The average molecular weight is 349 g/mol. The van der Waals surface area contributed by atoms with Crippen LogP contribution in [-0.2, 0) is 4.79 Å². The zero-order chi connectivity index (χ0) is 18.4. The van der Waals surface area contributed by atoms with Crippen molar-refractivity contribution >= 4 is 5.97 Å². The fourth-order valence-corrected chi connectivity index (χ4v) is 3.11. The van der Waals surface area contributed by atoms with E-state index in [4.69, 9.17) is 4.74 Å². The lowest BCUT2D eigenvalue weighted by Crippen LogP contribution is -2.45. The Morgan fingerprint density at radius 3 is 1.92 bits per heavy atom. The molecule has 3 nitrogen and oxygen atoms in total. The van der Waals surface area contributed by atoms with Crippen molar-refractivity contribution in [2.24, 2.45) is 0 Å². The summed E-state index contributed by atoms with van der Waals surface area (Å²) in [5.41, 5.74) is 0. The molecule has 0 aliphatic rings. The van der Waals surface area contributed by atoms with Crippen LogP contribution in [0.25, 0.3) is 0 Å². The normalized spacial score (nSPS) is 11.5. The van der Waals surface area contributed by atoms with E-state index in [9.17, 15) is 4.79 Å². The Kier molecular flexibility index (Phi) is 11.2. The van der Waals surface area contributed by atoms with Crippen molar-refractivity contribution in [2.75, 3.05) is 27.2 Å². The van der Waals surface area contributed by atoms with Gasteiger partial charge in [-0.2, -0.15) is 0 Å². The van der Waals surface area contributed by atoms with Gasteiger partial charge in [-0.15, -0.1) is 0 Å². The second kappa shape index (κ2) is 12.9. The molecule has 0 amide bonds. The number of unbranched alkanes of at least 4 members (excludes halogenated alkanes) is 9. The Morgan fingerprint density at radius 2 is 1.36 bits per heavy atom. The van der Waals surface area contributed by atoms with Crippen LogP contribution in [0.5, 0.6) is 5.75 Å². The minimum absolute atomic E-state index is 0.150. The number of quaternary nitrogens is 1. The van der Waals surface area contributed by atoms with Crippen molar-refractivity contribution in [2.45, 2.75) is 71.1 Å². The van der Waals surface area contributed by atoms with Crippen molar-refractivity contribution in [3.63, 3.8) is 0 Å². The molecular weight excluding hydrogens is 310 g/mol. The van der Waals surface area contributed by atoms with Crippen molar-refractivity contribution < 1.29 is 14.0 Å². The summed E-state index contributed by atoms with van der Waals surface area (Å²) in [6.07, 6.45) is 13.4. The number of nitrogens with zero attached hydrogens (tertiary/aromatic N) is 1. The minimum atomic E-state index is -0.150. The van der Waals surface area contributed by atoms with Crippen LogP contribution in [0.1, 0.15) is 71.1 Å². The molecule has 142 valence electrons. The van der Waals surface area contributed by atoms with Gasteiger partial charge < -0.3 is 9.22 Å². The number of para-hydroxylation sites is 1. The maximum atomic E-state index is 12.1. The lowest BCUT2D eigenvalue weighted by atomic mass is 10.1. The van der Waals surface area contributed by atoms with Gasteiger partial charge in [-0.25, -0.2) is 4.79 Å². The zero-order valence-electron chi connectivity index (χ0n) is 16.6. The van der Waals surface area contributed by atoms with E-state index in [0.29, 0.717) is 16.8 Å². The molecule has 0 aliphatic heterocycles. The largest absolute Gasteiger partial charge is 0.422 e. The molecule has 0 radical (unpaired) electrons. The van der Waals surface area contributed by atoms with Crippen LogP contribution < -0.4 is 4.74 Å². The van der Waals surface area contributed by atoms with Gasteiger partial charge in [0.15, 0.2) is 6.54 Å². The van der Waals surface area contributed by atoms with E-state index in [1.165, 1.54) is 64.2 Å². The Hall–Kier alpha value is -1.35. The Bertz CT molecular complexity index is 456. The summed E-state index contributed by atoms with van der Waals surface area (Å²) in [4.78, 5) is 12.1. The van der Waals surface area contributed by atoms with Gasteiger partial charge in [0.1, 0.15) is 5.75 Å². The number of benzene rings is 1. The highest BCUT2D eigenvalue weighted by molar-refractivity contribution is 5.73. The summed E-state index contributed by atoms with van der Waals surface area (Å²) in [7, 11) is 4.22. The second-order valence-corrected chi connectivity index (χ2v) is 7.79. The molecule has 0 atom stereocenters. The molecule has 0 fully saturated rings. The molecule has 0 saturated heterocycles. The molecule has 0 heterocycles. The zero-order valence-corrected chi connectivity index (χ0v) is 16.6. The maximum absolute atomic E-state index is 12.1. The first kappa shape index (κ1) is 21.7. The summed E-state index contributed by atoms with van der Waals surface area (Å²) < 4.78 is 6.09. The van der Waals surface area contributed by atoms with Gasteiger partial charge in [-0.05, 0) is 25.0 Å². The van der Waals surface area contributed by atoms with Gasteiger partial charge in [0.2, 0.25) is 0 Å². The van der Waals surface area contributed by atoms with Gasteiger partial charge in [0.05, 0.1) is 20.6 Å². The molecule has 1 aromatic rings. The summed E-state index contributed by atoms with van der Waals surface area (Å²) in [6, 6.07) is 9.32. The first-order valence-corrected chi connectivity index (χ1v) is 10.1. The van der Waals surface area contributed by atoms with Gasteiger partial charge in [0.25, 0.3) is 0 Å². The van der Waals surface area contributed by atoms with E-state index in [1.54, 1.807) is 0 Å². The van der Waals surface area contributed by atoms with E-state index < -0.39 is 0 Å². The van der Waals surface area contributed by atoms with Crippen LogP contribution >= 0.6 is 0 Å². The molecule has 0 unspecified atom stereocenters. The van der Waals surface area contributed by atoms with Crippen LogP contribution in [0.3, 0.4) is 0 Å². The highest BCUT2D eigenvalue weighted by Crippen LogP contribution is 2.13. The number of likely N-dealkylation sites (N-methyl/N-ethyl adjacent to an activating group) is 1. The quantitative estimate of drug-likeness (QED) is 0.190. The van der Waals surface area contributed by atoms with Crippen LogP contribution in [0.15, 0.2) is 30.3 Å². The van der Waals surface area contributed by atoms with E-state index in [-0.39, 0.29) is 5.97 Å². The van der Waals surface area contributed by atoms with Gasteiger partial charge >= 0.3 is 5.97 Å². The van der Waals surface area contributed by atoms with E-state index in [0.717, 1.165) is 6.54 Å². The van der Waals surface area contributed by atoms with E-state index in [2.05, 4.69) is 21.0 Å². The summed E-state index contributed by atoms with van der Waals surface area (Å²) >= 11 is 0. The molecule has 3 heteroatoms. The number of carbonyl (C=O) groups is 1. The van der Waals surface area contributed by atoms with Crippen LogP contribution in [-0.4, -0.2) is 37.6 Å². The predicted octanol–water partition coefficient (Wildman–Crippen LogP) is 5.59. The highest BCUT2D eigenvalue weighted by Gasteiger charge is 2.21. The first-order valence-electron chi connectivity index (χ1n) is 10.1. The fraction of sp³-hybridized carbons (Fsp3) is 0.682. The van der Waals surface area contributed by atoms with E-state index >= 15 is 0 Å². The SMILES string of the molecule is CCCCCCCCCCCC[N+](C)(C)CC(=O)Oc1ccccc1. The second-order valence-electron chi connectivity index (χ2n) is 7.79. The molecule has 0 saturated carbocycles. The summed E-state index contributed by atoms with van der Waals surface area (Å²) in [5.74, 6) is 0.481. The Labute approximate surface area is 155 Å². The van der Waals surface area contributed by atoms with Gasteiger partial charge in [-0.1, -0.05) is 76.5 Å². The Morgan fingerprint density at radius 1 is 0.840 bits per heavy atom. The molecule has 25 heavy (non-hydrogen) atoms. The number of ether oxygens (including phenoxy) is 1. The number of carbonyl (C=O) groups excluding carboxylic acids is 1. The van der Waals surface area contributed by atoms with Crippen molar-refractivity contribution in [1.82, 2.24) is 0 Å². The lowest BCUT2D eigenvalue weighted by molar-refractivity contribution is -0.883. The van der Waals surface area contributed by atoms with Crippen LogP contribution in [0.2, 0.25) is 0 Å². The summed E-state index contributed by atoms with van der Waals surface area (Å²) in [5, 5.41) is 0. The number of hydrogen-bond donors (Lipinski definition) is 0. The lowest BCUT2D eigenvalue weighted by Gasteiger charge is -2.28. The first-order chi connectivity index (χ1) is 12.0. The van der Waals surface area contributed by atoms with Crippen molar-refractivity contribution in [3.8, 4) is 5.75 Å². The molecule has 0 spiro atoms. The molecule has 1 aromatic carbocycles. The van der Waals surface area contributed by atoms with Crippen molar-refractivity contribution in [3.05, 3.63) is 30.3 Å². The topological polar surface area (TPSA) is 26.3 Å². The average Bonchev–Trinajstić information content (AvgIpc) is 2.57. The summed E-state index contributed by atoms with van der Waals surface area (Å²) in [6.45, 7) is 3.72. The third-order valence-corrected chi connectivity index (χ3v) is 4.65. The van der Waals surface area contributed by atoms with Gasteiger partial charge in [0, 0.05) is 0 Å². The standard InChI is InChI=1S/C22H38NO2/c1-4-5-6-7-8-9-10-11-12-16-19-23(2,3)20-22(24)25-21-17-14-13-15-18-21/h13-15,17-18H,4-12,16,19-20H2,1-3H3/q+1. The number of hydrogen-bond acceptors (Lipinski definition) is 2. The smallest absolute Gasteiger partial charge is 0.367 e. The number of rotatable bonds is 14. The molecule has 0 aromatic heterocycles. The fourth-order valence-electron chi connectivity index (χ4n) is 3.11. The van der Waals surface area contributed by atoms with Crippen LogP contribution in [0, 0.1) is 0 Å². The van der Waals surface area contributed by atoms with Crippen molar-refractivity contribution in [1.29, 1.82) is 0 Å². The Balaban J connectivity index is 2.05.